The highest BCUT2D eigenvalue weighted by atomic mass is 35.5. The number of carbonyl (C=O) groups is 1. The number of carboxylic acid groups (broad SMARTS) is 1. The van der Waals surface area contributed by atoms with E-state index < -0.39 is 5.97 Å². The first-order valence-corrected chi connectivity index (χ1v) is 9.75. The third kappa shape index (κ3) is 4.40. The molecule has 0 aromatic heterocycles. The van der Waals surface area contributed by atoms with Crippen molar-refractivity contribution in [3.8, 4) is 5.75 Å². The summed E-state index contributed by atoms with van der Waals surface area (Å²) in [6.45, 7) is 7.85. The Hall–Kier alpha value is -2.30. The van der Waals surface area contributed by atoms with Crippen LogP contribution in [0.25, 0.3) is 0 Å². The van der Waals surface area contributed by atoms with Crippen LogP contribution in [0.1, 0.15) is 43.4 Å². The van der Waals surface area contributed by atoms with Crippen LogP contribution in [-0.2, 0) is 9.53 Å². The van der Waals surface area contributed by atoms with Crippen LogP contribution in [0, 0.1) is 5.92 Å². The van der Waals surface area contributed by atoms with E-state index in [0.29, 0.717) is 5.75 Å². The summed E-state index contributed by atoms with van der Waals surface area (Å²) in [6, 6.07) is 15.3. The summed E-state index contributed by atoms with van der Waals surface area (Å²) in [7, 11) is 0. The molecule has 0 bridgehead atoms. The molecule has 1 saturated heterocycles. The Morgan fingerprint density at radius 3 is 2.50 bits per heavy atom. The van der Waals surface area contributed by atoms with Gasteiger partial charge in [0.1, 0.15) is 5.75 Å². The van der Waals surface area contributed by atoms with Crippen molar-refractivity contribution in [3.63, 3.8) is 0 Å². The number of rotatable bonds is 6. The van der Waals surface area contributed by atoms with Gasteiger partial charge in [-0.1, -0.05) is 60.2 Å². The van der Waals surface area contributed by atoms with Crippen molar-refractivity contribution in [2.24, 2.45) is 5.92 Å². The zero-order chi connectivity index (χ0) is 20.3. The van der Waals surface area contributed by atoms with Gasteiger partial charge < -0.3 is 14.6 Å². The average Bonchev–Trinajstić information content (AvgIpc) is 2.67. The molecule has 4 atom stereocenters. The Morgan fingerprint density at radius 2 is 1.86 bits per heavy atom. The lowest BCUT2D eigenvalue weighted by Gasteiger charge is -2.42. The highest BCUT2D eigenvalue weighted by molar-refractivity contribution is 6.31. The molecule has 1 N–H and O–H groups in total. The van der Waals surface area contributed by atoms with Gasteiger partial charge in [-0.3, -0.25) is 0 Å². The van der Waals surface area contributed by atoms with Gasteiger partial charge in [0, 0.05) is 22.4 Å². The van der Waals surface area contributed by atoms with Crippen LogP contribution in [0.4, 0.5) is 0 Å². The van der Waals surface area contributed by atoms with Crippen molar-refractivity contribution in [3.05, 3.63) is 76.8 Å². The summed E-state index contributed by atoms with van der Waals surface area (Å²) in [5.41, 5.74) is 2.94. The molecule has 1 aliphatic heterocycles. The number of halogens is 1. The van der Waals surface area contributed by atoms with Crippen LogP contribution in [-0.4, -0.2) is 23.8 Å². The SMILES string of the molecule is C=C(C)[C@H]1C[C@H](c2ccccc2Cl)[C@H](C)O[C@@H]1c1ccccc1OCC(=O)O. The molecule has 2 aromatic carbocycles. The standard InChI is InChI=1S/C23H25ClO4/c1-14(2)18-12-19(16-8-4-6-10-20(16)24)15(3)28-23(18)17-9-5-7-11-21(17)27-13-22(25)26/h4-11,15,18-19,23H,1,12-13H2,2-3H3,(H,25,26)/t15-,18+,19-,23+/m0/s1. The molecule has 2 aromatic rings. The first-order chi connectivity index (χ1) is 13.4. The van der Waals surface area contributed by atoms with E-state index in [0.717, 1.165) is 28.1 Å². The molecule has 0 unspecified atom stereocenters. The summed E-state index contributed by atoms with van der Waals surface area (Å²) in [5.74, 6) is -0.265. The Kier molecular flexibility index (Phi) is 6.42. The predicted octanol–water partition coefficient (Wildman–Crippen LogP) is 5.63. The van der Waals surface area contributed by atoms with Gasteiger partial charge in [-0.2, -0.15) is 0 Å². The number of hydrogen-bond donors (Lipinski definition) is 1. The number of carboxylic acids is 1. The molecular weight excluding hydrogens is 376 g/mol. The second-order valence-corrected chi connectivity index (χ2v) is 7.71. The van der Waals surface area contributed by atoms with Crippen molar-refractivity contribution < 1.29 is 19.4 Å². The topological polar surface area (TPSA) is 55.8 Å². The maximum absolute atomic E-state index is 10.9. The van der Waals surface area contributed by atoms with Crippen LogP contribution >= 0.6 is 11.6 Å². The van der Waals surface area contributed by atoms with Gasteiger partial charge in [0.25, 0.3) is 0 Å². The van der Waals surface area contributed by atoms with Gasteiger partial charge in [-0.05, 0) is 38.0 Å². The first kappa shape index (κ1) is 20.4. The molecule has 28 heavy (non-hydrogen) atoms. The molecule has 148 valence electrons. The Bertz CT molecular complexity index is 863. The smallest absolute Gasteiger partial charge is 0.341 e. The summed E-state index contributed by atoms with van der Waals surface area (Å²) < 4.78 is 12.0. The van der Waals surface area contributed by atoms with Gasteiger partial charge >= 0.3 is 5.97 Å². The molecule has 1 aliphatic rings. The highest BCUT2D eigenvalue weighted by Gasteiger charge is 2.39. The monoisotopic (exact) mass is 400 g/mol. The van der Waals surface area contributed by atoms with Crippen molar-refractivity contribution in [1.29, 1.82) is 0 Å². The molecule has 0 aliphatic carbocycles. The first-order valence-electron chi connectivity index (χ1n) is 9.37. The van der Waals surface area contributed by atoms with Gasteiger partial charge in [-0.15, -0.1) is 0 Å². The van der Waals surface area contributed by atoms with Crippen LogP contribution in [0.2, 0.25) is 5.02 Å². The molecule has 0 saturated carbocycles. The minimum Gasteiger partial charge on any atom is -0.482 e. The van der Waals surface area contributed by atoms with Gasteiger partial charge in [0.05, 0.1) is 12.2 Å². The third-order valence-corrected chi connectivity index (χ3v) is 5.66. The quantitative estimate of drug-likeness (QED) is 0.638. The van der Waals surface area contributed by atoms with E-state index >= 15 is 0 Å². The molecule has 3 rings (SSSR count). The number of hydrogen-bond acceptors (Lipinski definition) is 3. The minimum atomic E-state index is -1.01. The largest absolute Gasteiger partial charge is 0.482 e. The second-order valence-electron chi connectivity index (χ2n) is 7.30. The summed E-state index contributed by atoms with van der Waals surface area (Å²) in [4.78, 5) is 10.9. The zero-order valence-corrected chi connectivity index (χ0v) is 16.9. The fraction of sp³-hybridized carbons (Fsp3) is 0.348. The molecule has 0 spiro atoms. The molecule has 5 heteroatoms. The van der Waals surface area contributed by atoms with E-state index in [2.05, 4.69) is 13.5 Å². The van der Waals surface area contributed by atoms with Crippen molar-refractivity contribution in [2.45, 2.75) is 38.4 Å². The zero-order valence-electron chi connectivity index (χ0n) is 16.1. The second kappa shape index (κ2) is 8.80. The van der Waals surface area contributed by atoms with Crippen molar-refractivity contribution in [2.75, 3.05) is 6.61 Å². The lowest BCUT2D eigenvalue weighted by molar-refractivity contribution is -0.139. The molecular formula is C23H25ClO4. The summed E-state index contributed by atoms with van der Waals surface area (Å²) in [6.07, 6.45) is 0.530. The summed E-state index contributed by atoms with van der Waals surface area (Å²) in [5, 5.41) is 9.70. The van der Waals surface area contributed by atoms with Crippen molar-refractivity contribution in [1.82, 2.24) is 0 Å². The maximum Gasteiger partial charge on any atom is 0.341 e. The Morgan fingerprint density at radius 1 is 1.21 bits per heavy atom. The predicted molar refractivity (Wildman–Crippen MR) is 110 cm³/mol. The Labute approximate surface area is 170 Å². The van der Waals surface area contributed by atoms with E-state index in [-0.39, 0.29) is 30.7 Å². The van der Waals surface area contributed by atoms with Crippen molar-refractivity contribution >= 4 is 17.6 Å². The van der Waals surface area contributed by atoms with E-state index in [9.17, 15) is 4.79 Å². The molecule has 1 heterocycles. The number of para-hydroxylation sites is 1. The van der Waals surface area contributed by atoms with Gasteiger partial charge in [0.2, 0.25) is 0 Å². The van der Waals surface area contributed by atoms with Crippen LogP contribution in [0.15, 0.2) is 60.7 Å². The Balaban J connectivity index is 1.92. The van der Waals surface area contributed by atoms with Crippen LogP contribution in [0.3, 0.4) is 0 Å². The average molecular weight is 401 g/mol. The minimum absolute atomic E-state index is 0.0620. The lowest BCUT2D eigenvalue weighted by Crippen LogP contribution is -2.34. The number of benzene rings is 2. The number of aliphatic carboxylic acids is 1. The lowest BCUT2D eigenvalue weighted by atomic mass is 9.76. The van der Waals surface area contributed by atoms with E-state index in [1.165, 1.54) is 0 Å². The molecule has 1 fully saturated rings. The van der Waals surface area contributed by atoms with Crippen LogP contribution < -0.4 is 4.74 Å². The summed E-state index contributed by atoms with van der Waals surface area (Å²) >= 11 is 6.45. The van der Waals surface area contributed by atoms with E-state index in [1.54, 1.807) is 6.07 Å². The molecule has 0 radical (unpaired) electrons. The maximum atomic E-state index is 10.9. The number of ether oxygens (including phenoxy) is 2. The fourth-order valence-corrected chi connectivity index (χ4v) is 4.18. The van der Waals surface area contributed by atoms with E-state index in [4.69, 9.17) is 26.2 Å². The molecule has 0 amide bonds. The highest BCUT2D eigenvalue weighted by Crippen LogP contribution is 2.48. The third-order valence-electron chi connectivity index (χ3n) is 5.32. The molecule has 4 nitrogen and oxygen atoms in total. The van der Waals surface area contributed by atoms with E-state index in [1.807, 2.05) is 49.4 Å². The van der Waals surface area contributed by atoms with Gasteiger partial charge in [0.15, 0.2) is 6.61 Å². The fourth-order valence-electron chi connectivity index (χ4n) is 3.90. The van der Waals surface area contributed by atoms with Crippen LogP contribution in [0.5, 0.6) is 5.75 Å². The van der Waals surface area contributed by atoms with Gasteiger partial charge in [-0.25, -0.2) is 4.79 Å². The normalized spacial score (nSPS) is 24.5.